The van der Waals surface area contributed by atoms with Crippen molar-refractivity contribution in [3.05, 3.63) is 69.8 Å². The molecule has 1 amide bonds. The van der Waals surface area contributed by atoms with E-state index in [-0.39, 0.29) is 5.91 Å². The fraction of sp³-hybridized carbons (Fsp3) is 0. The molecular formula is C16H11Cl2N3OS. The molecule has 3 aromatic rings. The zero-order valence-corrected chi connectivity index (χ0v) is 14.0. The van der Waals surface area contributed by atoms with Crippen molar-refractivity contribution in [3.63, 3.8) is 0 Å². The van der Waals surface area contributed by atoms with E-state index in [0.717, 1.165) is 5.69 Å². The lowest BCUT2D eigenvalue weighted by molar-refractivity contribution is 0.102. The van der Waals surface area contributed by atoms with Crippen LogP contribution in [0, 0.1) is 0 Å². The molecule has 0 radical (unpaired) electrons. The third-order valence-corrected chi connectivity index (χ3v) is 4.16. The summed E-state index contributed by atoms with van der Waals surface area (Å²) in [6, 6.07) is 14.2. The van der Waals surface area contributed by atoms with E-state index >= 15 is 0 Å². The van der Waals surface area contributed by atoms with Gasteiger partial charge in [-0.3, -0.25) is 4.79 Å². The van der Waals surface area contributed by atoms with Crippen LogP contribution < -0.4 is 10.6 Å². The number of carbonyl (C=O) groups excluding carboxylic acids is 1. The van der Waals surface area contributed by atoms with Gasteiger partial charge in [-0.2, -0.15) is 0 Å². The molecule has 0 atom stereocenters. The first-order valence-corrected chi connectivity index (χ1v) is 8.28. The Morgan fingerprint density at radius 1 is 1.00 bits per heavy atom. The first kappa shape index (κ1) is 15.8. The summed E-state index contributed by atoms with van der Waals surface area (Å²) < 4.78 is 0. The third-order valence-electron chi connectivity index (χ3n) is 2.95. The molecule has 0 fully saturated rings. The predicted molar refractivity (Wildman–Crippen MR) is 96.3 cm³/mol. The van der Waals surface area contributed by atoms with E-state index < -0.39 is 0 Å². The molecule has 4 nitrogen and oxygen atoms in total. The Morgan fingerprint density at radius 2 is 1.65 bits per heavy atom. The molecule has 7 heteroatoms. The average Bonchev–Trinajstić information content (AvgIpc) is 2.95. The Balaban J connectivity index is 1.79. The minimum absolute atomic E-state index is 0.307. The Morgan fingerprint density at radius 3 is 2.35 bits per heavy atom. The molecule has 0 bridgehead atoms. The zero-order valence-electron chi connectivity index (χ0n) is 11.7. The van der Waals surface area contributed by atoms with E-state index in [2.05, 4.69) is 15.6 Å². The molecule has 0 spiro atoms. The van der Waals surface area contributed by atoms with Crippen LogP contribution in [0.15, 0.2) is 54.0 Å². The van der Waals surface area contributed by atoms with Crippen molar-refractivity contribution < 1.29 is 4.79 Å². The minimum Gasteiger partial charge on any atom is -0.345 e. The normalized spacial score (nSPS) is 10.3. The number of carbonyl (C=O) groups is 1. The third kappa shape index (κ3) is 4.01. The number of thiazole rings is 1. The zero-order chi connectivity index (χ0) is 16.2. The standard InChI is InChI=1S/C16H11Cl2N3OS/c17-10-3-1-5-12(7-10)20-15(22)14-16(23-9-19-14)21-13-6-2-4-11(18)8-13/h1-9,21H,(H,20,22). The number of hydrogen-bond donors (Lipinski definition) is 2. The molecule has 116 valence electrons. The van der Waals surface area contributed by atoms with Crippen LogP contribution in [0.4, 0.5) is 16.4 Å². The van der Waals surface area contributed by atoms with E-state index in [1.54, 1.807) is 41.9 Å². The number of rotatable bonds is 4. The SMILES string of the molecule is O=C(Nc1cccc(Cl)c1)c1ncsc1Nc1cccc(Cl)c1. The van der Waals surface area contributed by atoms with E-state index in [9.17, 15) is 4.79 Å². The fourth-order valence-electron chi connectivity index (χ4n) is 1.95. The van der Waals surface area contributed by atoms with E-state index in [1.807, 2.05) is 12.1 Å². The van der Waals surface area contributed by atoms with Crippen LogP contribution in [-0.2, 0) is 0 Å². The van der Waals surface area contributed by atoms with Crippen LogP contribution >= 0.6 is 34.5 Å². The lowest BCUT2D eigenvalue weighted by Crippen LogP contribution is -2.13. The Kier molecular flexibility index (Phi) is 4.81. The van der Waals surface area contributed by atoms with Crippen molar-refractivity contribution in [1.82, 2.24) is 4.98 Å². The average molecular weight is 364 g/mol. The predicted octanol–water partition coefficient (Wildman–Crippen LogP) is 5.45. The largest absolute Gasteiger partial charge is 0.345 e. The lowest BCUT2D eigenvalue weighted by Gasteiger charge is -2.08. The number of amides is 1. The molecule has 0 saturated carbocycles. The van der Waals surface area contributed by atoms with Crippen molar-refractivity contribution in [1.29, 1.82) is 0 Å². The Hall–Kier alpha value is -2.08. The van der Waals surface area contributed by atoms with Crippen LogP contribution in [0.3, 0.4) is 0 Å². The number of nitrogens with one attached hydrogen (secondary N) is 2. The summed E-state index contributed by atoms with van der Waals surface area (Å²) in [5.41, 5.74) is 3.33. The van der Waals surface area contributed by atoms with Gasteiger partial charge in [0.25, 0.3) is 5.91 Å². The van der Waals surface area contributed by atoms with Crippen LogP contribution in [0.1, 0.15) is 10.5 Å². The number of halogens is 2. The van der Waals surface area contributed by atoms with Gasteiger partial charge in [0.15, 0.2) is 5.69 Å². The lowest BCUT2D eigenvalue weighted by atomic mass is 10.3. The summed E-state index contributed by atoms with van der Waals surface area (Å²) in [6.07, 6.45) is 0. The number of nitrogens with zero attached hydrogens (tertiary/aromatic N) is 1. The van der Waals surface area contributed by atoms with E-state index in [1.165, 1.54) is 11.3 Å². The molecular weight excluding hydrogens is 353 g/mol. The highest BCUT2D eigenvalue weighted by Crippen LogP contribution is 2.27. The maximum Gasteiger partial charge on any atom is 0.277 e. The smallest absolute Gasteiger partial charge is 0.277 e. The van der Waals surface area contributed by atoms with Gasteiger partial charge in [0, 0.05) is 21.4 Å². The van der Waals surface area contributed by atoms with E-state index in [0.29, 0.717) is 26.4 Å². The van der Waals surface area contributed by atoms with Gasteiger partial charge in [-0.1, -0.05) is 35.3 Å². The Bertz CT molecular complexity index is 851. The summed E-state index contributed by atoms with van der Waals surface area (Å²) in [5, 5.41) is 7.75. The van der Waals surface area contributed by atoms with Gasteiger partial charge in [0.2, 0.25) is 0 Å². The first-order valence-electron chi connectivity index (χ1n) is 6.65. The number of benzene rings is 2. The number of aromatic nitrogens is 1. The molecule has 0 aliphatic rings. The highest BCUT2D eigenvalue weighted by Gasteiger charge is 2.15. The van der Waals surface area contributed by atoms with Crippen molar-refractivity contribution in [3.8, 4) is 0 Å². The van der Waals surface area contributed by atoms with E-state index in [4.69, 9.17) is 23.2 Å². The second-order valence-corrected chi connectivity index (χ2v) is 6.36. The second-order valence-electron chi connectivity index (χ2n) is 4.63. The van der Waals surface area contributed by atoms with Gasteiger partial charge < -0.3 is 10.6 Å². The monoisotopic (exact) mass is 363 g/mol. The van der Waals surface area contributed by atoms with Crippen LogP contribution in [-0.4, -0.2) is 10.9 Å². The second kappa shape index (κ2) is 7.00. The Labute approximate surface area is 147 Å². The molecule has 3 rings (SSSR count). The van der Waals surface area contributed by atoms with Gasteiger partial charge in [-0.15, -0.1) is 11.3 Å². The molecule has 0 unspecified atom stereocenters. The molecule has 2 aromatic carbocycles. The first-order chi connectivity index (χ1) is 11.1. The van der Waals surface area contributed by atoms with Crippen LogP contribution in [0.5, 0.6) is 0 Å². The summed E-state index contributed by atoms with van der Waals surface area (Å²) in [7, 11) is 0. The quantitative estimate of drug-likeness (QED) is 0.648. The van der Waals surface area contributed by atoms with Crippen LogP contribution in [0.2, 0.25) is 10.0 Å². The van der Waals surface area contributed by atoms with Crippen molar-refractivity contribution in [2.75, 3.05) is 10.6 Å². The summed E-state index contributed by atoms with van der Waals surface area (Å²) in [5.74, 6) is -0.307. The molecule has 1 aromatic heterocycles. The molecule has 0 saturated heterocycles. The van der Waals surface area contributed by atoms with Crippen molar-refractivity contribution in [2.45, 2.75) is 0 Å². The number of anilines is 3. The number of hydrogen-bond acceptors (Lipinski definition) is 4. The molecule has 0 aliphatic carbocycles. The van der Waals surface area contributed by atoms with Crippen molar-refractivity contribution >= 4 is 56.8 Å². The molecule has 23 heavy (non-hydrogen) atoms. The van der Waals surface area contributed by atoms with Crippen molar-refractivity contribution in [2.24, 2.45) is 0 Å². The van der Waals surface area contributed by atoms with Gasteiger partial charge in [-0.05, 0) is 36.4 Å². The fourth-order valence-corrected chi connectivity index (χ4v) is 3.03. The molecule has 1 heterocycles. The molecule has 0 aliphatic heterocycles. The van der Waals surface area contributed by atoms with Gasteiger partial charge >= 0.3 is 0 Å². The highest BCUT2D eigenvalue weighted by molar-refractivity contribution is 7.14. The van der Waals surface area contributed by atoms with Gasteiger partial charge in [0.05, 0.1) is 5.51 Å². The maximum atomic E-state index is 12.4. The summed E-state index contributed by atoms with van der Waals surface area (Å²) in [6.45, 7) is 0. The maximum absolute atomic E-state index is 12.4. The summed E-state index contributed by atoms with van der Waals surface area (Å²) in [4.78, 5) is 16.5. The minimum atomic E-state index is -0.307. The highest BCUT2D eigenvalue weighted by atomic mass is 35.5. The molecule has 2 N–H and O–H groups in total. The van der Waals surface area contributed by atoms with Gasteiger partial charge in [-0.25, -0.2) is 4.98 Å². The van der Waals surface area contributed by atoms with Crippen LogP contribution in [0.25, 0.3) is 0 Å². The van der Waals surface area contributed by atoms with Gasteiger partial charge in [0.1, 0.15) is 5.00 Å². The topological polar surface area (TPSA) is 54.0 Å². The summed E-state index contributed by atoms with van der Waals surface area (Å²) >= 11 is 13.2.